The van der Waals surface area contributed by atoms with Gasteiger partial charge in [-0.15, -0.1) is 0 Å². The van der Waals surface area contributed by atoms with Crippen LogP contribution in [0.15, 0.2) is 53.4 Å². The lowest BCUT2D eigenvalue weighted by atomic mass is 10.2. The summed E-state index contributed by atoms with van der Waals surface area (Å²) in [4.78, 5) is 19.5. The van der Waals surface area contributed by atoms with Crippen molar-refractivity contribution in [2.75, 3.05) is 25.2 Å². The van der Waals surface area contributed by atoms with E-state index in [1.54, 1.807) is 19.2 Å². The lowest BCUT2D eigenvalue weighted by Gasteiger charge is -2.20. The summed E-state index contributed by atoms with van der Waals surface area (Å²) in [5.41, 5.74) is 1.10. The predicted octanol–water partition coefficient (Wildman–Crippen LogP) is 3.03. The molecule has 0 bridgehead atoms. The van der Waals surface area contributed by atoms with E-state index in [0.29, 0.717) is 23.8 Å². The first-order valence-corrected chi connectivity index (χ1v) is 11.6. The highest BCUT2D eigenvalue weighted by molar-refractivity contribution is 7.89. The van der Waals surface area contributed by atoms with Crippen LogP contribution in [0.4, 0.5) is 5.13 Å². The van der Waals surface area contributed by atoms with Gasteiger partial charge in [0.15, 0.2) is 5.13 Å². The van der Waals surface area contributed by atoms with Gasteiger partial charge in [-0.1, -0.05) is 29.5 Å². The molecular weight excluding hydrogens is 410 g/mol. The van der Waals surface area contributed by atoms with Crippen LogP contribution in [0.25, 0.3) is 10.2 Å². The maximum Gasteiger partial charge on any atom is 0.260 e. The zero-order chi connectivity index (χ0) is 20.4. The third kappa shape index (κ3) is 4.48. The highest BCUT2D eigenvalue weighted by atomic mass is 32.2. The van der Waals surface area contributed by atoms with Gasteiger partial charge in [0.25, 0.3) is 5.91 Å². The van der Waals surface area contributed by atoms with E-state index in [9.17, 15) is 13.2 Å². The Bertz CT molecular complexity index is 1110. The number of thiazole rings is 1. The van der Waals surface area contributed by atoms with Crippen molar-refractivity contribution >= 4 is 42.6 Å². The second-order valence-corrected chi connectivity index (χ2v) is 9.56. The van der Waals surface area contributed by atoms with E-state index in [1.165, 1.54) is 28.4 Å². The number of anilines is 1. The molecule has 1 amide bonds. The minimum Gasteiger partial charge on any atom is -0.383 e. The van der Waals surface area contributed by atoms with Gasteiger partial charge in [-0.2, -0.15) is 0 Å². The Morgan fingerprint density at radius 2 is 2.03 bits per heavy atom. The molecule has 1 aliphatic carbocycles. The zero-order valence-corrected chi connectivity index (χ0v) is 17.5. The number of carbonyl (C=O) groups excluding carboxylic acids is 1. The van der Waals surface area contributed by atoms with Crippen LogP contribution in [0.3, 0.4) is 0 Å². The van der Waals surface area contributed by atoms with E-state index in [-0.39, 0.29) is 16.8 Å². The number of ether oxygens (including phenoxy) is 1. The van der Waals surface area contributed by atoms with E-state index in [1.807, 2.05) is 24.3 Å². The van der Waals surface area contributed by atoms with Crippen LogP contribution >= 0.6 is 11.3 Å². The second kappa shape index (κ2) is 8.19. The third-order valence-electron chi connectivity index (χ3n) is 4.57. The summed E-state index contributed by atoms with van der Waals surface area (Å²) < 4.78 is 33.8. The fraction of sp³-hybridized carbons (Fsp3) is 0.300. The van der Waals surface area contributed by atoms with Crippen molar-refractivity contribution in [1.29, 1.82) is 0 Å². The number of nitrogens with one attached hydrogen (secondary N) is 1. The molecule has 152 valence electrons. The van der Waals surface area contributed by atoms with Crippen molar-refractivity contribution in [2.24, 2.45) is 0 Å². The molecule has 29 heavy (non-hydrogen) atoms. The highest BCUT2D eigenvalue weighted by Crippen LogP contribution is 2.30. The Labute approximate surface area is 173 Å². The first-order valence-electron chi connectivity index (χ1n) is 9.27. The number of carbonyl (C=O) groups is 1. The number of nitrogens with zero attached hydrogens (tertiary/aromatic N) is 2. The summed E-state index contributed by atoms with van der Waals surface area (Å²) in [7, 11) is -2.07. The number of aromatic nitrogens is 1. The third-order valence-corrected chi connectivity index (χ3v) is 7.15. The number of rotatable bonds is 8. The zero-order valence-electron chi connectivity index (χ0n) is 15.9. The number of sulfonamides is 1. The largest absolute Gasteiger partial charge is 0.383 e. The minimum atomic E-state index is -3.64. The summed E-state index contributed by atoms with van der Waals surface area (Å²) in [6.07, 6.45) is 1.69. The van der Waals surface area contributed by atoms with Gasteiger partial charge < -0.3 is 4.74 Å². The van der Waals surface area contributed by atoms with Crippen LogP contribution in [0.1, 0.15) is 23.2 Å². The van der Waals surface area contributed by atoms with Crippen molar-refractivity contribution in [2.45, 2.75) is 23.8 Å². The van der Waals surface area contributed by atoms with Crippen molar-refractivity contribution in [3.63, 3.8) is 0 Å². The Kier molecular flexibility index (Phi) is 5.64. The Hall–Kier alpha value is -2.33. The lowest BCUT2D eigenvalue weighted by molar-refractivity contribution is 0.0975. The van der Waals surface area contributed by atoms with E-state index < -0.39 is 10.0 Å². The molecule has 7 nitrogen and oxygen atoms in total. The molecule has 3 aromatic rings. The van der Waals surface area contributed by atoms with Crippen molar-refractivity contribution in [1.82, 2.24) is 9.71 Å². The van der Waals surface area contributed by atoms with Gasteiger partial charge in [0.05, 0.1) is 28.3 Å². The molecule has 4 rings (SSSR count). The highest BCUT2D eigenvalue weighted by Gasteiger charge is 2.29. The fourth-order valence-electron chi connectivity index (χ4n) is 2.88. The van der Waals surface area contributed by atoms with Gasteiger partial charge in [0.1, 0.15) is 0 Å². The first kappa shape index (κ1) is 20.0. The average molecular weight is 432 g/mol. The minimum absolute atomic E-state index is 0.000285. The smallest absolute Gasteiger partial charge is 0.260 e. The molecule has 0 saturated heterocycles. The van der Waals surface area contributed by atoms with Crippen molar-refractivity contribution < 1.29 is 17.9 Å². The number of hydrogen-bond donors (Lipinski definition) is 1. The molecule has 1 heterocycles. The molecule has 9 heteroatoms. The van der Waals surface area contributed by atoms with Crippen LogP contribution in [0, 0.1) is 0 Å². The monoisotopic (exact) mass is 431 g/mol. The summed E-state index contributed by atoms with van der Waals surface area (Å²) >= 11 is 1.41. The number of amides is 1. The SMILES string of the molecule is COCCN(C(=O)c1cccc(S(=O)(=O)NC2CC2)c1)c1nc2ccccc2s1. The van der Waals surface area contributed by atoms with E-state index >= 15 is 0 Å². The molecule has 0 aliphatic heterocycles. The number of benzene rings is 2. The summed E-state index contributed by atoms with van der Waals surface area (Å²) in [6.45, 7) is 0.648. The van der Waals surface area contributed by atoms with Crippen LogP contribution in [0.2, 0.25) is 0 Å². The normalized spacial score (nSPS) is 14.2. The van der Waals surface area contributed by atoms with Gasteiger partial charge in [-0.05, 0) is 43.2 Å². The van der Waals surface area contributed by atoms with Gasteiger partial charge in [-0.25, -0.2) is 18.1 Å². The molecule has 1 N–H and O–H groups in total. The molecular formula is C20H21N3O4S2. The molecule has 2 aromatic carbocycles. The molecule has 0 unspecified atom stereocenters. The lowest BCUT2D eigenvalue weighted by Crippen LogP contribution is -2.34. The number of para-hydroxylation sites is 1. The number of hydrogen-bond acceptors (Lipinski definition) is 6. The van der Waals surface area contributed by atoms with Gasteiger partial charge in [-0.3, -0.25) is 9.69 Å². The molecule has 1 saturated carbocycles. The molecule has 1 aromatic heterocycles. The van der Waals surface area contributed by atoms with Crippen LogP contribution in [-0.4, -0.2) is 45.6 Å². The Morgan fingerprint density at radius 3 is 2.76 bits per heavy atom. The quantitative estimate of drug-likeness (QED) is 0.592. The van der Waals surface area contributed by atoms with Crippen LogP contribution in [0.5, 0.6) is 0 Å². The molecule has 1 fully saturated rings. The van der Waals surface area contributed by atoms with E-state index in [0.717, 1.165) is 23.1 Å². The molecule has 1 aliphatic rings. The van der Waals surface area contributed by atoms with Crippen LogP contribution < -0.4 is 9.62 Å². The molecule has 0 atom stereocenters. The molecule has 0 spiro atoms. The standard InChI is InChI=1S/C20H21N3O4S2/c1-27-12-11-23(20-21-17-7-2-3-8-18(17)28-20)19(24)14-5-4-6-16(13-14)29(25,26)22-15-9-10-15/h2-8,13,15,22H,9-12H2,1H3. The average Bonchev–Trinajstić information content (AvgIpc) is 3.42. The summed E-state index contributed by atoms with van der Waals surface area (Å²) in [5.74, 6) is -0.315. The maximum absolute atomic E-state index is 13.3. The Morgan fingerprint density at radius 1 is 1.24 bits per heavy atom. The molecule has 0 radical (unpaired) electrons. The van der Waals surface area contributed by atoms with Crippen molar-refractivity contribution in [3.8, 4) is 0 Å². The number of methoxy groups -OCH3 is 1. The Balaban J connectivity index is 1.66. The fourth-order valence-corrected chi connectivity index (χ4v) is 5.22. The summed E-state index contributed by atoms with van der Waals surface area (Å²) in [5, 5.41) is 0.553. The van der Waals surface area contributed by atoms with Gasteiger partial charge in [0.2, 0.25) is 10.0 Å². The summed E-state index contributed by atoms with van der Waals surface area (Å²) in [6, 6.07) is 13.8. The first-order chi connectivity index (χ1) is 14.0. The predicted molar refractivity (Wildman–Crippen MR) is 113 cm³/mol. The maximum atomic E-state index is 13.3. The second-order valence-electron chi connectivity index (χ2n) is 6.84. The van der Waals surface area contributed by atoms with Gasteiger partial charge in [0, 0.05) is 18.7 Å². The van der Waals surface area contributed by atoms with E-state index in [2.05, 4.69) is 9.71 Å². The topological polar surface area (TPSA) is 88.6 Å². The van der Waals surface area contributed by atoms with Crippen LogP contribution in [-0.2, 0) is 14.8 Å². The van der Waals surface area contributed by atoms with Crippen molar-refractivity contribution in [3.05, 3.63) is 54.1 Å². The van der Waals surface area contributed by atoms with Gasteiger partial charge >= 0.3 is 0 Å². The number of fused-ring (bicyclic) bond motifs is 1. The van der Waals surface area contributed by atoms with E-state index in [4.69, 9.17) is 4.74 Å².